The third-order valence-corrected chi connectivity index (χ3v) is 5.89. The molecular weight excluding hydrogens is 534 g/mol. The summed E-state index contributed by atoms with van der Waals surface area (Å²) in [6.45, 7) is 3.87. The van der Waals surface area contributed by atoms with Crippen molar-refractivity contribution in [2.45, 2.75) is 58.6 Å². The summed E-state index contributed by atoms with van der Waals surface area (Å²) in [5.41, 5.74) is 6.41. The van der Waals surface area contributed by atoms with E-state index >= 15 is 0 Å². The summed E-state index contributed by atoms with van der Waals surface area (Å²) in [4.78, 5) is 59.2. The van der Waals surface area contributed by atoms with E-state index in [-0.39, 0.29) is 36.4 Å². The SMILES string of the molecule is CC(C)C(NC(=O)CCCCCCN)C(=O)NCC(=O)Nc1ccc(COC(=O)Oc2ccc([N+](=O)[O-])cc2)cc1. The van der Waals surface area contributed by atoms with E-state index in [9.17, 15) is 29.3 Å². The normalized spacial score (nSPS) is 11.3. The van der Waals surface area contributed by atoms with Crippen LogP contribution in [-0.4, -0.2) is 47.9 Å². The minimum atomic E-state index is -0.981. The van der Waals surface area contributed by atoms with Gasteiger partial charge in [-0.2, -0.15) is 0 Å². The first-order valence-corrected chi connectivity index (χ1v) is 13.3. The van der Waals surface area contributed by atoms with Crippen LogP contribution in [0.1, 0.15) is 51.5 Å². The molecule has 0 saturated heterocycles. The molecule has 0 fully saturated rings. The van der Waals surface area contributed by atoms with Gasteiger partial charge in [-0.05, 0) is 55.1 Å². The summed E-state index contributed by atoms with van der Waals surface area (Å²) in [5.74, 6) is -1.18. The Kier molecular flexibility index (Phi) is 13.7. The molecule has 2 aromatic carbocycles. The van der Waals surface area contributed by atoms with Crippen molar-refractivity contribution in [1.82, 2.24) is 10.6 Å². The van der Waals surface area contributed by atoms with Gasteiger partial charge in [0.2, 0.25) is 17.7 Å². The van der Waals surface area contributed by atoms with Crippen molar-refractivity contribution >= 4 is 35.3 Å². The van der Waals surface area contributed by atoms with E-state index in [1.165, 1.54) is 24.3 Å². The maximum atomic E-state index is 12.6. The Labute approximate surface area is 238 Å². The summed E-state index contributed by atoms with van der Waals surface area (Å²) < 4.78 is 10.0. The molecule has 1 unspecified atom stereocenters. The topological polar surface area (TPSA) is 192 Å². The summed E-state index contributed by atoms with van der Waals surface area (Å²) in [6.07, 6.45) is 2.84. The number of nitrogens with two attached hydrogens (primary N) is 1. The molecule has 222 valence electrons. The monoisotopic (exact) mass is 571 g/mol. The Bertz CT molecular complexity index is 1170. The van der Waals surface area contributed by atoms with Gasteiger partial charge in [-0.15, -0.1) is 0 Å². The Hall–Kier alpha value is -4.52. The number of anilines is 1. The second-order valence-corrected chi connectivity index (χ2v) is 9.60. The van der Waals surface area contributed by atoms with Gasteiger partial charge < -0.3 is 31.2 Å². The zero-order valence-electron chi connectivity index (χ0n) is 23.2. The highest BCUT2D eigenvalue weighted by molar-refractivity contribution is 5.96. The molecule has 0 aliphatic carbocycles. The summed E-state index contributed by atoms with van der Waals surface area (Å²) in [7, 11) is 0. The van der Waals surface area contributed by atoms with Gasteiger partial charge in [0.1, 0.15) is 18.4 Å². The predicted molar refractivity (Wildman–Crippen MR) is 151 cm³/mol. The Morgan fingerprint density at radius 2 is 1.59 bits per heavy atom. The van der Waals surface area contributed by atoms with Crippen molar-refractivity contribution in [3.05, 3.63) is 64.2 Å². The van der Waals surface area contributed by atoms with E-state index in [1.54, 1.807) is 24.3 Å². The second kappa shape index (κ2) is 17.2. The van der Waals surface area contributed by atoms with Crippen LogP contribution in [0.5, 0.6) is 5.75 Å². The lowest BCUT2D eigenvalue weighted by Crippen LogP contribution is -2.51. The van der Waals surface area contributed by atoms with Gasteiger partial charge in [-0.1, -0.05) is 38.8 Å². The molecule has 13 nitrogen and oxygen atoms in total. The Morgan fingerprint density at radius 1 is 0.927 bits per heavy atom. The van der Waals surface area contributed by atoms with Crippen LogP contribution in [0.25, 0.3) is 0 Å². The molecule has 0 spiro atoms. The third-order valence-electron chi connectivity index (χ3n) is 5.89. The molecule has 1 atom stereocenters. The fourth-order valence-electron chi connectivity index (χ4n) is 3.63. The van der Waals surface area contributed by atoms with Gasteiger partial charge in [0.05, 0.1) is 11.5 Å². The van der Waals surface area contributed by atoms with E-state index in [4.69, 9.17) is 15.2 Å². The number of non-ortho nitro benzene ring substituents is 1. The molecule has 2 aromatic rings. The van der Waals surface area contributed by atoms with Gasteiger partial charge >= 0.3 is 6.16 Å². The number of unbranched alkanes of at least 4 members (excludes halogenated alkanes) is 3. The number of carbonyl (C=O) groups is 4. The van der Waals surface area contributed by atoms with E-state index < -0.39 is 28.9 Å². The summed E-state index contributed by atoms with van der Waals surface area (Å²) in [6, 6.07) is 10.7. The van der Waals surface area contributed by atoms with Crippen LogP contribution in [0.2, 0.25) is 0 Å². The first kappa shape index (κ1) is 32.7. The van der Waals surface area contributed by atoms with Crippen LogP contribution < -0.4 is 26.4 Å². The molecular formula is C28H37N5O8. The molecule has 0 aliphatic rings. The highest BCUT2D eigenvalue weighted by Crippen LogP contribution is 2.18. The van der Waals surface area contributed by atoms with E-state index in [1.807, 2.05) is 13.8 Å². The smallest absolute Gasteiger partial charge is 0.429 e. The van der Waals surface area contributed by atoms with Crippen LogP contribution in [-0.2, 0) is 25.7 Å². The van der Waals surface area contributed by atoms with Crippen LogP contribution in [0, 0.1) is 16.0 Å². The van der Waals surface area contributed by atoms with Crippen LogP contribution in [0.4, 0.5) is 16.2 Å². The van der Waals surface area contributed by atoms with Crippen molar-refractivity contribution in [2.75, 3.05) is 18.4 Å². The number of carbonyl (C=O) groups excluding carboxylic acids is 4. The minimum Gasteiger partial charge on any atom is -0.429 e. The molecule has 0 heterocycles. The number of ether oxygens (including phenoxy) is 2. The molecule has 0 bridgehead atoms. The highest BCUT2D eigenvalue weighted by Gasteiger charge is 2.24. The van der Waals surface area contributed by atoms with E-state index in [0.29, 0.717) is 24.2 Å². The zero-order valence-corrected chi connectivity index (χ0v) is 23.2. The van der Waals surface area contributed by atoms with Gasteiger partial charge in [0.25, 0.3) is 5.69 Å². The average molecular weight is 572 g/mol. The highest BCUT2D eigenvalue weighted by atomic mass is 16.7. The molecule has 41 heavy (non-hydrogen) atoms. The lowest BCUT2D eigenvalue weighted by atomic mass is 10.0. The lowest BCUT2D eigenvalue weighted by Gasteiger charge is -2.21. The number of hydrogen-bond donors (Lipinski definition) is 4. The fraction of sp³-hybridized carbons (Fsp3) is 0.429. The number of nitro benzene ring substituents is 1. The molecule has 0 aliphatic heterocycles. The summed E-state index contributed by atoms with van der Waals surface area (Å²) >= 11 is 0. The fourth-order valence-corrected chi connectivity index (χ4v) is 3.63. The van der Waals surface area contributed by atoms with Crippen LogP contribution >= 0.6 is 0 Å². The van der Waals surface area contributed by atoms with Gasteiger partial charge in [-0.3, -0.25) is 24.5 Å². The number of hydrogen-bond acceptors (Lipinski definition) is 9. The van der Waals surface area contributed by atoms with Gasteiger partial charge in [0.15, 0.2) is 0 Å². The van der Waals surface area contributed by atoms with Crippen LogP contribution in [0.3, 0.4) is 0 Å². The van der Waals surface area contributed by atoms with Crippen molar-refractivity contribution < 1.29 is 33.6 Å². The second-order valence-electron chi connectivity index (χ2n) is 9.60. The third kappa shape index (κ3) is 12.5. The number of nitrogens with one attached hydrogen (secondary N) is 3. The molecule has 5 N–H and O–H groups in total. The minimum absolute atomic E-state index is 0.0990. The number of amides is 3. The first-order chi connectivity index (χ1) is 19.6. The van der Waals surface area contributed by atoms with Crippen molar-refractivity contribution in [1.29, 1.82) is 0 Å². The van der Waals surface area contributed by atoms with Crippen molar-refractivity contribution in [3.8, 4) is 5.75 Å². The van der Waals surface area contributed by atoms with Crippen molar-refractivity contribution in [2.24, 2.45) is 11.7 Å². The number of rotatable bonds is 16. The quantitative estimate of drug-likeness (QED) is 0.0768. The largest absolute Gasteiger partial charge is 0.514 e. The number of nitrogens with zero attached hydrogens (tertiary/aromatic N) is 1. The zero-order chi connectivity index (χ0) is 30.2. The molecule has 0 aromatic heterocycles. The van der Waals surface area contributed by atoms with E-state index in [2.05, 4.69) is 16.0 Å². The molecule has 13 heteroatoms. The Balaban J connectivity index is 1.73. The van der Waals surface area contributed by atoms with Crippen molar-refractivity contribution in [3.63, 3.8) is 0 Å². The lowest BCUT2D eigenvalue weighted by molar-refractivity contribution is -0.384. The predicted octanol–water partition coefficient (Wildman–Crippen LogP) is 3.42. The summed E-state index contributed by atoms with van der Waals surface area (Å²) in [5, 5.41) is 18.7. The van der Waals surface area contributed by atoms with Gasteiger partial charge in [-0.25, -0.2) is 4.79 Å². The average Bonchev–Trinajstić information content (AvgIpc) is 2.94. The standard InChI is InChI=1S/C28H37N5O8/c1-19(2)26(32-24(34)7-5-3-4-6-16-29)27(36)30-17-25(35)31-21-10-8-20(9-11-21)18-40-28(37)41-23-14-12-22(13-15-23)33(38)39/h8-15,19,26H,3-7,16-18,29H2,1-2H3,(H,30,36)(H,31,35)(H,32,34). The molecule has 2 rings (SSSR count). The Morgan fingerprint density at radius 3 is 2.20 bits per heavy atom. The molecule has 0 radical (unpaired) electrons. The first-order valence-electron chi connectivity index (χ1n) is 13.3. The maximum Gasteiger partial charge on any atom is 0.514 e. The van der Waals surface area contributed by atoms with Gasteiger partial charge in [0, 0.05) is 24.2 Å². The number of nitro groups is 1. The van der Waals surface area contributed by atoms with Crippen LogP contribution in [0.15, 0.2) is 48.5 Å². The molecule has 0 saturated carbocycles. The number of benzene rings is 2. The molecule has 3 amide bonds. The van der Waals surface area contributed by atoms with E-state index in [0.717, 1.165) is 25.7 Å². The maximum absolute atomic E-state index is 12.6.